The summed E-state index contributed by atoms with van der Waals surface area (Å²) < 4.78 is 11.5. The van der Waals surface area contributed by atoms with Crippen molar-refractivity contribution in [3.05, 3.63) is 30.5 Å². The fourth-order valence-corrected chi connectivity index (χ4v) is 1.75. The molecule has 0 saturated heterocycles. The summed E-state index contributed by atoms with van der Waals surface area (Å²) >= 11 is 0. The molecule has 2 aromatic rings. The highest BCUT2D eigenvalue weighted by Gasteiger charge is 2.08. The van der Waals surface area contributed by atoms with E-state index < -0.39 is 0 Å². The molecular weight excluding hydrogens is 240 g/mol. The van der Waals surface area contributed by atoms with Gasteiger partial charge in [0.25, 0.3) is 0 Å². The minimum atomic E-state index is 0.689. The molecule has 0 unspecified atom stereocenters. The number of benzene rings is 1. The number of aromatic nitrogens is 2. The molecule has 0 aliphatic heterocycles. The van der Waals surface area contributed by atoms with Crippen molar-refractivity contribution in [2.24, 2.45) is 0 Å². The van der Waals surface area contributed by atoms with Crippen LogP contribution in [0.2, 0.25) is 0 Å². The van der Waals surface area contributed by atoms with Crippen LogP contribution in [0.25, 0.3) is 11.3 Å². The molecule has 0 radical (unpaired) electrons. The Morgan fingerprint density at radius 2 is 1.74 bits per heavy atom. The van der Waals surface area contributed by atoms with Crippen molar-refractivity contribution in [1.82, 2.24) is 10.2 Å². The fourth-order valence-electron chi connectivity index (χ4n) is 1.75. The Bertz CT molecular complexity index is 495. The molecule has 0 aliphatic carbocycles. The summed E-state index contributed by atoms with van der Waals surface area (Å²) in [6.07, 6.45) is 3.69. The van der Waals surface area contributed by atoms with Crippen molar-refractivity contribution in [2.75, 3.05) is 13.2 Å². The van der Waals surface area contributed by atoms with E-state index in [9.17, 15) is 0 Å². The predicted molar refractivity (Wildman–Crippen MR) is 75.6 cm³/mol. The van der Waals surface area contributed by atoms with E-state index in [0.29, 0.717) is 13.2 Å². The van der Waals surface area contributed by atoms with E-state index in [1.807, 2.05) is 24.3 Å². The van der Waals surface area contributed by atoms with Crippen molar-refractivity contribution >= 4 is 0 Å². The molecule has 1 heterocycles. The summed E-state index contributed by atoms with van der Waals surface area (Å²) in [6, 6.07) is 7.90. The Labute approximate surface area is 113 Å². The Morgan fingerprint density at radius 1 is 1.00 bits per heavy atom. The molecule has 19 heavy (non-hydrogen) atoms. The maximum atomic E-state index is 5.76. The van der Waals surface area contributed by atoms with Gasteiger partial charge < -0.3 is 9.47 Å². The van der Waals surface area contributed by atoms with E-state index in [1.165, 1.54) is 0 Å². The molecule has 0 aliphatic rings. The van der Waals surface area contributed by atoms with Gasteiger partial charge >= 0.3 is 0 Å². The second-order valence-electron chi connectivity index (χ2n) is 4.33. The largest absolute Gasteiger partial charge is 0.490 e. The van der Waals surface area contributed by atoms with E-state index in [4.69, 9.17) is 9.47 Å². The molecule has 4 heteroatoms. The smallest absolute Gasteiger partial charge is 0.161 e. The highest BCUT2D eigenvalue weighted by molar-refractivity contribution is 5.63. The summed E-state index contributed by atoms with van der Waals surface area (Å²) in [6.45, 7) is 5.57. The van der Waals surface area contributed by atoms with Gasteiger partial charge in [0.15, 0.2) is 11.5 Å². The standard InChI is InChI=1S/C15H20N2O2/c1-3-9-18-14-6-5-12(13-7-8-16-17-13)11-15(14)19-10-4-2/h5-8,11H,3-4,9-10H2,1-2H3,(H,16,17). The molecule has 102 valence electrons. The third-order valence-corrected chi connectivity index (χ3v) is 2.68. The third kappa shape index (κ3) is 3.50. The number of rotatable bonds is 7. The van der Waals surface area contributed by atoms with Crippen LogP contribution in [0.3, 0.4) is 0 Å². The van der Waals surface area contributed by atoms with Crippen molar-refractivity contribution in [3.63, 3.8) is 0 Å². The van der Waals surface area contributed by atoms with Gasteiger partial charge in [-0.1, -0.05) is 13.8 Å². The Balaban J connectivity index is 2.24. The number of ether oxygens (including phenoxy) is 2. The van der Waals surface area contributed by atoms with Crippen molar-refractivity contribution in [2.45, 2.75) is 26.7 Å². The van der Waals surface area contributed by atoms with E-state index in [-0.39, 0.29) is 0 Å². The Kier molecular flexibility index (Phi) is 4.84. The maximum absolute atomic E-state index is 5.76. The van der Waals surface area contributed by atoms with E-state index in [1.54, 1.807) is 6.20 Å². The van der Waals surface area contributed by atoms with Gasteiger partial charge in [-0.25, -0.2) is 0 Å². The van der Waals surface area contributed by atoms with Crippen LogP contribution < -0.4 is 9.47 Å². The fraction of sp³-hybridized carbons (Fsp3) is 0.400. The average molecular weight is 260 g/mol. The van der Waals surface area contributed by atoms with Gasteiger partial charge in [0.1, 0.15) is 0 Å². The van der Waals surface area contributed by atoms with Crippen molar-refractivity contribution < 1.29 is 9.47 Å². The summed E-state index contributed by atoms with van der Waals surface area (Å²) in [5.41, 5.74) is 2.02. The number of nitrogens with one attached hydrogen (secondary N) is 1. The first-order chi connectivity index (χ1) is 9.35. The lowest BCUT2D eigenvalue weighted by atomic mass is 10.1. The zero-order valence-corrected chi connectivity index (χ0v) is 11.5. The minimum Gasteiger partial charge on any atom is -0.490 e. The average Bonchev–Trinajstić information content (AvgIpc) is 2.97. The second-order valence-corrected chi connectivity index (χ2v) is 4.33. The number of hydrogen-bond donors (Lipinski definition) is 1. The third-order valence-electron chi connectivity index (χ3n) is 2.68. The van der Waals surface area contributed by atoms with Crippen LogP contribution in [-0.4, -0.2) is 23.4 Å². The monoisotopic (exact) mass is 260 g/mol. The first kappa shape index (κ1) is 13.5. The molecular formula is C15H20N2O2. The minimum absolute atomic E-state index is 0.689. The molecule has 1 N–H and O–H groups in total. The van der Waals surface area contributed by atoms with Gasteiger partial charge in [0.2, 0.25) is 0 Å². The predicted octanol–water partition coefficient (Wildman–Crippen LogP) is 3.65. The molecule has 2 rings (SSSR count). The molecule has 0 saturated carbocycles. The topological polar surface area (TPSA) is 47.1 Å². The van der Waals surface area contributed by atoms with Gasteiger partial charge in [-0.05, 0) is 37.1 Å². The van der Waals surface area contributed by atoms with Crippen LogP contribution in [0.5, 0.6) is 11.5 Å². The number of H-pyrrole nitrogens is 1. The summed E-state index contributed by atoms with van der Waals surface area (Å²) in [7, 11) is 0. The highest BCUT2D eigenvalue weighted by Crippen LogP contribution is 2.32. The molecule has 0 spiro atoms. The van der Waals surface area contributed by atoms with Crippen LogP contribution in [0.4, 0.5) is 0 Å². The first-order valence-electron chi connectivity index (χ1n) is 6.74. The summed E-state index contributed by atoms with van der Waals surface area (Å²) in [4.78, 5) is 0. The Hall–Kier alpha value is -1.97. The molecule has 0 bridgehead atoms. The normalized spacial score (nSPS) is 10.4. The van der Waals surface area contributed by atoms with Crippen molar-refractivity contribution in [1.29, 1.82) is 0 Å². The van der Waals surface area contributed by atoms with Crippen LogP contribution in [0.15, 0.2) is 30.5 Å². The molecule has 0 atom stereocenters. The molecule has 0 amide bonds. The number of hydrogen-bond acceptors (Lipinski definition) is 3. The van der Waals surface area contributed by atoms with Gasteiger partial charge in [-0.2, -0.15) is 5.10 Å². The zero-order valence-electron chi connectivity index (χ0n) is 11.5. The zero-order chi connectivity index (χ0) is 13.5. The van der Waals surface area contributed by atoms with Gasteiger partial charge in [0, 0.05) is 11.8 Å². The van der Waals surface area contributed by atoms with Gasteiger partial charge in [-0.15, -0.1) is 0 Å². The SMILES string of the molecule is CCCOc1ccc(-c2ccn[nH]2)cc1OCCC. The van der Waals surface area contributed by atoms with Crippen LogP contribution >= 0.6 is 0 Å². The first-order valence-corrected chi connectivity index (χ1v) is 6.74. The second kappa shape index (κ2) is 6.83. The van der Waals surface area contributed by atoms with E-state index in [2.05, 4.69) is 24.0 Å². The molecule has 0 fully saturated rings. The maximum Gasteiger partial charge on any atom is 0.161 e. The highest BCUT2D eigenvalue weighted by atomic mass is 16.5. The molecule has 1 aromatic carbocycles. The van der Waals surface area contributed by atoms with E-state index in [0.717, 1.165) is 35.6 Å². The van der Waals surface area contributed by atoms with Crippen LogP contribution in [0.1, 0.15) is 26.7 Å². The van der Waals surface area contributed by atoms with Crippen LogP contribution in [0, 0.1) is 0 Å². The molecule has 1 aromatic heterocycles. The lowest BCUT2D eigenvalue weighted by Crippen LogP contribution is -2.01. The summed E-state index contributed by atoms with van der Waals surface area (Å²) in [5, 5.41) is 6.92. The van der Waals surface area contributed by atoms with Crippen molar-refractivity contribution in [3.8, 4) is 22.8 Å². The van der Waals surface area contributed by atoms with Gasteiger partial charge in [-0.3, -0.25) is 5.10 Å². The number of nitrogens with zero attached hydrogens (tertiary/aromatic N) is 1. The van der Waals surface area contributed by atoms with Crippen LogP contribution in [-0.2, 0) is 0 Å². The van der Waals surface area contributed by atoms with Gasteiger partial charge in [0.05, 0.1) is 18.9 Å². The molecule has 4 nitrogen and oxygen atoms in total. The van der Waals surface area contributed by atoms with E-state index >= 15 is 0 Å². The lowest BCUT2D eigenvalue weighted by molar-refractivity contribution is 0.268. The number of aromatic amines is 1. The lowest BCUT2D eigenvalue weighted by Gasteiger charge is -2.13. The Morgan fingerprint density at radius 3 is 2.37 bits per heavy atom. The quantitative estimate of drug-likeness (QED) is 0.826. The summed E-state index contributed by atoms with van der Waals surface area (Å²) in [5.74, 6) is 1.60.